The zero-order valence-corrected chi connectivity index (χ0v) is 11.7. The third-order valence-electron chi connectivity index (χ3n) is 4.28. The maximum Gasteiger partial charge on any atom is 0.239 e. The van der Waals surface area contributed by atoms with Crippen molar-refractivity contribution < 1.29 is 9.53 Å². The molecule has 0 aliphatic heterocycles. The first kappa shape index (κ1) is 14.5. The number of rotatable bonds is 5. The Morgan fingerprint density at radius 2 is 2.00 bits per heavy atom. The molecule has 100 valence electrons. The highest BCUT2D eigenvalue weighted by Crippen LogP contribution is 2.48. The van der Waals surface area contributed by atoms with Gasteiger partial charge in [-0.1, -0.05) is 13.8 Å². The highest BCUT2D eigenvalue weighted by atomic mass is 16.5. The van der Waals surface area contributed by atoms with Crippen molar-refractivity contribution in [2.75, 3.05) is 7.11 Å². The predicted octanol–water partition coefficient (Wildman–Crippen LogP) is 1.43. The molecule has 1 rings (SSSR count). The van der Waals surface area contributed by atoms with Gasteiger partial charge in [0.15, 0.2) is 0 Å². The number of methoxy groups -OCH3 is 1. The minimum absolute atomic E-state index is 0.0790. The molecule has 1 fully saturated rings. The van der Waals surface area contributed by atoms with Crippen LogP contribution in [0.2, 0.25) is 0 Å². The molecule has 0 aromatic rings. The number of carbonyl (C=O) groups excluding carboxylic acids is 1. The van der Waals surface area contributed by atoms with Crippen molar-refractivity contribution in [1.82, 2.24) is 5.32 Å². The molecule has 0 aromatic heterocycles. The lowest BCUT2D eigenvalue weighted by Crippen LogP contribution is -2.66. The lowest BCUT2D eigenvalue weighted by Gasteiger charge is -2.55. The largest absolute Gasteiger partial charge is 0.381 e. The van der Waals surface area contributed by atoms with E-state index in [1.807, 2.05) is 0 Å². The van der Waals surface area contributed by atoms with Crippen molar-refractivity contribution in [2.24, 2.45) is 11.1 Å². The van der Waals surface area contributed by atoms with Gasteiger partial charge in [-0.15, -0.1) is 0 Å². The summed E-state index contributed by atoms with van der Waals surface area (Å²) in [7, 11) is 1.75. The zero-order chi connectivity index (χ0) is 13.3. The maximum absolute atomic E-state index is 11.9. The Kier molecular flexibility index (Phi) is 4.20. The fourth-order valence-electron chi connectivity index (χ4n) is 2.82. The number of nitrogens with two attached hydrogens (primary N) is 1. The van der Waals surface area contributed by atoms with Crippen molar-refractivity contribution in [2.45, 2.75) is 64.6 Å². The molecular weight excluding hydrogens is 216 g/mol. The van der Waals surface area contributed by atoms with Crippen LogP contribution in [0.3, 0.4) is 0 Å². The summed E-state index contributed by atoms with van der Waals surface area (Å²) < 4.78 is 5.50. The molecule has 4 nitrogen and oxygen atoms in total. The molecule has 1 amide bonds. The third-order valence-corrected chi connectivity index (χ3v) is 4.28. The van der Waals surface area contributed by atoms with E-state index >= 15 is 0 Å². The third kappa shape index (κ3) is 2.47. The van der Waals surface area contributed by atoms with Crippen LogP contribution in [0.4, 0.5) is 0 Å². The van der Waals surface area contributed by atoms with Crippen LogP contribution in [0.25, 0.3) is 0 Å². The second-order valence-corrected chi connectivity index (χ2v) is 5.65. The lowest BCUT2D eigenvalue weighted by molar-refractivity contribution is -0.144. The molecule has 2 unspecified atom stereocenters. The van der Waals surface area contributed by atoms with Crippen molar-refractivity contribution in [1.29, 1.82) is 0 Å². The van der Waals surface area contributed by atoms with Gasteiger partial charge in [0, 0.05) is 18.6 Å². The number of amides is 1. The highest BCUT2D eigenvalue weighted by molar-refractivity contribution is 5.85. The van der Waals surface area contributed by atoms with Crippen molar-refractivity contribution >= 4 is 5.91 Å². The van der Waals surface area contributed by atoms with Crippen LogP contribution in [0.15, 0.2) is 0 Å². The van der Waals surface area contributed by atoms with Crippen LogP contribution in [-0.4, -0.2) is 30.7 Å². The van der Waals surface area contributed by atoms with Gasteiger partial charge >= 0.3 is 0 Å². The molecule has 1 aliphatic rings. The summed E-state index contributed by atoms with van der Waals surface area (Å²) in [5.41, 5.74) is 5.07. The standard InChI is InChI=1S/C13H26N2O2/c1-6-13(7-2)9(8-10(13)17-5)15-11(16)12(3,4)14/h9-10H,6-8,14H2,1-5H3,(H,15,16). The molecule has 0 saturated heterocycles. The SMILES string of the molecule is CCC1(CC)C(NC(=O)C(C)(C)N)CC1OC. The molecule has 0 bridgehead atoms. The number of ether oxygens (including phenoxy) is 1. The maximum atomic E-state index is 11.9. The predicted molar refractivity (Wildman–Crippen MR) is 68.6 cm³/mol. The van der Waals surface area contributed by atoms with Crippen molar-refractivity contribution in [3.8, 4) is 0 Å². The Balaban J connectivity index is 2.71. The topological polar surface area (TPSA) is 64.4 Å². The van der Waals surface area contributed by atoms with Gasteiger partial charge in [0.2, 0.25) is 5.91 Å². The quantitative estimate of drug-likeness (QED) is 0.766. The Hall–Kier alpha value is -0.610. The van der Waals surface area contributed by atoms with Gasteiger partial charge in [-0.3, -0.25) is 4.79 Å². The number of carbonyl (C=O) groups is 1. The summed E-state index contributed by atoms with van der Waals surface area (Å²) in [5.74, 6) is -0.0803. The van der Waals surface area contributed by atoms with Gasteiger partial charge in [-0.2, -0.15) is 0 Å². The van der Waals surface area contributed by atoms with Crippen molar-refractivity contribution in [3.05, 3.63) is 0 Å². The van der Waals surface area contributed by atoms with E-state index in [0.717, 1.165) is 19.3 Å². The smallest absolute Gasteiger partial charge is 0.239 e. The van der Waals surface area contributed by atoms with E-state index in [1.54, 1.807) is 21.0 Å². The Morgan fingerprint density at radius 3 is 2.35 bits per heavy atom. The molecule has 3 N–H and O–H groups in total. The van der Waals surface area contributed by atoms with Crippen LogP contribution in [-0.2, 0) is 9.53 Å². The molecule has 17 heavy (non-hydrogen) atoms. The first-order valence-electron chi connectivity index (χ1n) is 6.44. The Morgan fingerprint density at radius 1 is 1.47 bits per heavy atom. The minimum atomic E-state index is -0.814. The van der Waals surface area contributed by atoms with Crippen LogP contribution < -0.4 is 11.1 Å². The van der Waals surface area contributed by atoms with E-state index < -0.39 is 5.54 Å². The first-order valence-corrected chi connectivity index (χ1v) is 6.44. The van der Waals surface area contributed by atoms with E-state index in [0.29, 0.717) is 0 Å². The normalized spacial score (nSPS) is 27.4. The van der Waals surface area contributed by atoms with E-state index in [4.69, 9.17) is 10.5 Å². The van der Waals surface area contributed by atoms with Gasteiger partial charge < -0.3 is 15.8 Å². The second-order valence-electron chi connectivity index (χ2n) is 5.65. The van der Waals surface area contributed by atoms with Crippen LogP contribution in [0, 0.1) is 5.41 Å². The number of hydrogen-bond acceptors (Lipinski definition) is 3. The molecule has 0 heterocycles. The van der Waals surface area contributed by atoms with Crippen molar-refractivity contribution in [3.63, 3.8) is 0 Å². The number of hydrogen-bond donors (Lipinski definition) is 2. The average Bonchev–Trinajstić information content (AvgIpc) is 2.24. The molecule has 2 atom stereocenters. The lowest BCUT2D eigenvalue weighted by atomic mass is 9.58. The van der Waals surface area contributed by atoms with E-state index in [9.17, 15) is 4.79 Å². The minimum Gasteiger partial charge on any atom is -0.381 e. The van der Waals surface area contributed by atoms with Crippen LogP contribution in [0.5, 0.6) is 0 Å². The van der Waals surface area contributed by atoms with Gasteiger partial charge in [-0.05, 0) is 33.1 Å². The van der Waals surface area contributed by atoms with E-state index in [1.165, 1.54) is 0 Å². The molecular formula is C13H26N2O2. The summed E-state index contributed by atoms with van der Waals surface area (Å²) in [6.07, 6.45) is 3.17. The molecule has 0 radical (unpaired) electrons. The Bertz CT molecular complexity index is 280. The Labute approximate surface area is 104 Å². The molecule has 1 aliphatic carbocycles. The first-order chi connectivity index (χ1) is 7.81. The average molecular weight is 242 g/mol. The zero-order valence-electron chi connectivity index (χ0n) is 11.7. The molecule has 0 aromatic carbocycles. The summed E-state index contributed by atoms with van der Waals surface area (Å²) in [6.45, 7) is 7.77. The van der Waals surface area contributed by atoms with Gasteiger partial charge in [0.05, 0.1) is 11.6 Å². The second kappa shape index (κ2) is 4.94. The summed E-state index contributed by atoms with van der Waals surface area (Å²) >= 11 is 0. The molecule has 1 saturated carbocycles. The fourth-order valence-corrected chi connectivity index (χ4v) is 2.82. The van der Waals surface area contributed by atoms with Crippen LogP contribution >= 0.6 is 0 Å². The highest BCUT2D eigenvalue weighted by Gasteiger charge is 2.54. The molecule has 4 heteroatoms. The number of nitrogens with one attached hydrogen (secondary N) is 1. The van der Waals surface area contributed by atoms with Gasteiger partial charge in [-0.25, -0.2) is 0 Å². The summed E-state index contributed by atoms with van der Waals surface area (Å²) in [6, 6.07) is 0.192. The summed E-state index contributed by atoms with van der Waals surface area (Å²) in [5, 5.41) is 3.07. The molecule has 0 spiro atoms. The fraction of sp³-hybridized carbons (Fsp3) is 0.923. The van der Waals surface area contributed by atoms with Crippen LogP contribution in [0.1, 0.15) is 47.0 Å². The van der Waals surface area contributed by atoms with Gasteiger partial charge in [0.1, 0.15) is 0 Å². The van der Waals surface area contributed by atoms with E-state index in [2.05, 4.69) is 19.2 Å². The monoisotopic (exact) mass is 242 g/mol. The van der Waals surface area contributed by atoms with E-state index in [-0.39, 0.29) is 23.5 Å². The van der Waals surface area contributed by atoms with Gasteiger partial charge in [0.25, 0.3) is 0 Å². The summed E-state index contributed by atoms with van der Waals surface area (Å²) in [4.78, 5) is 11.9.